The van der Waals surface area contributed by atoms with E-state index in [0.29, 0.717) is 0 Å². The molecule has 0 radical (unpaired) electrons. The predicted molar refractivity (Wildman–Crippen MR) is 93.3 cm³/mol. The molecular weight excluding hydrogens is 306 g/mol. The van der Waals surface area contributed by atoms with Crippen LogP contribution in [-0.4, -0.2) is 14.5 Å². The number of rotatable bonds is 2. The predicted octanol–water partition coefficient (Wildman–Crippen LogP) is 4.38. The molecule has 4 heteroatoms. The molecule has 3 aromatic rings. The van der Waals surface area contributed by atoms with Crippen LogP contribution in [0.25, 0.3) is 11.6 Å². The second-order valence-corrected chi connectivity index (χ2v) is 6.23. The molecule has 0 saturated carbocycles. The monoisotopic (exact) mass is 321 g/mol. The molecule has 4 rings (SSSR count). The average molecular weight is 322 g/mol. The summed E-state index contributed by atoms with van der Waals surface area (Å²) in [6.45, 7) is 2.79. The maximum atomic E-state index is 6.26. The van der Waals surface area contributed by atoms with Crippen molar-refractivity contribution >= 4 is 23.3 Å². The number of hydrogen-bond acceptors (Lipinski definition) is 2. The summed E-state index contributed by atoms with van der Waals surface area (Å²) >= 11 is 6.26. The summed E-state index contributed by atoms with van der Waals surface area (Å²) in [4.78, 5) is 8.87. The van der Waals surface area contributed by atoms with Gasteiger partial charge in [-0.3, -0.25) is 4.98 Å². The highest BCUT2D eigenvalue weighted by molar-refractivity contribution is 6.30. The summed E-state index contributed by atoms with van der Waals surface area (Å²) in [5.74, 6) is 1.00. The molecule has 0 amide bonds. The minimum atomic E-state index is 0.760. The highest BCUT2D eigenvalue weighted by Gasteiger charge is 2.17. The highest BCUT2D eigenvalue weighted by atomic mass is 35.5. The average Bonchev–Trinajstić information content (AvgIpc) is 2.88. The fourth-order valence-electron chi connectivity index (χ4n) is 3.06. The lowest BCUT2D eigenvalue weighted by Crippen LogP contribution is -2.03. The Morgan fingerprint density at radius 1 is 1.17 bits per heavy atom. The zero-order valence-electron chi connectivity index (χ0n) is 12.8. The second-order valence-electron chi connectivity index (χ2n) is 5.79. The van der Waals surface area contributed by atoms with Crippen LogP contribution in [0.15, 0.2) is 48.9 Å². The number of imidazole rings is 1. The first kappa shape index (κ1) is 14.2. The Morgan fingerprint density at radius 2 is 2.09 bits per heavy atom. The normalized spacial score (nSPS) is 13.0. The van der Waals surface area contributed by atoms with E-state index in [2.05, 4.69) is 38.8 Å². The summed E-state index contributed by atoms with van der Waals surface area (Å²) in [5.41, 5.74) is 5.97. The van der Waals surface area contributed by atoms with E-state index in [1.807, 2.05) is 37.6 Å². The number of hydrogen-bond donors (Lipinski definition) is 0. The van der Waals surface area contributed by atoms with Crippen molar-refractivity contribution in [2.24, 2.45) is 0 Å². The van der Waals surface area contributed by atoms with Crippen molar-refractivity contribution in [1.29, 1.82) is 0 Å². The molecule has 0 N–H and O–H groups in total. The summed E-state index contributed by atoms with van der Waals surface area (Å²) in [6, 6.07) is 10.2. The van der Waals surface area contributed by atoms with Crippen LogP contribution in [0, 0.1) is 6.92 Å². The van der Waals surface area contributed by atoms with E-state index in [9.17, 15) is 0 Å². The van der Waals surface area contributed by atoms with Crippen LogP contribution >= 0.6 is 11.6 Å². The smallest absolute Gasteiger partial charge is 0.105 e. The molecule has 0 fully saturated rings. The molecule has 1 aromatic carbocycles. The van der Waals surface area contributed by atoms with Gasteiger partial charge in [0, 0.05) is 36.6 Å². The summed E-state index contributed by atoms with van der Waals surface area (Å²) in [6.07, 6.45) is 8.75. The molecule has 1 aliphatic rings. The third kappa shape index (κ3) is 2.68. The molecule has 0 saturated heterocycles. The number of benzene rings is 1. The maximum absolute atomic E-state index is 6.26. The summed E-state index contributed by atoms with van der Waals surface area (Å²) < 4.78 is 2.15. The van der Waals surface area contributed by atoms with E-state index >= 15 is 0 Å². The van der Waals surface area contributed by atoms with E-state index in [0.717, 1.165) is 29.5 Å². The third-order valence-corrected chi connectivity index (χ3v) is 4.53. The molecule has 3 nitrogen and oxygen atoms in total. The SMILES string of the molecule is Cc1nccn1CC1=Cc2cccnc2Cc2ccc(Cl)cc21. The first-order chi connectivity index (χ1) is 11.2. The molecule has 2 aromatic heterocycles. The Hall–Kier alpha value is -2.39. The van der Waals surface area contributed by atoms with Gasteiger partial charge in [-0.2, -0.15) is 0 Å². The van der Waals surface area contributed by atoms with Crippen LogP contribution in [0.5, 0.6) is 0 Å². The van der Waals surface area contributed by atoms with Gasteiger partial charge in [-0.1, -0.05) is 23.7 Å². The largest absolute Gasteiger partial charge is 0.331 e. The second kappa shape index (κ2) is 5.67. The number of halogens is 1. The minimum absolute atomic E-state index is 0.760. The van der Waals surface area contributed by atoms with Gasteiger partial charge < -0.3 is 4.57 Å². The Labute approximate surface area is 140 Å². The number of aryl methyl sites for hydroxylation is 1. The van der Waals surface area contributed by atoms with Crippen molar-refractivity contribution in [2.75, 3.05) is 0 Å². The third-order valence-electron chi connectivity index (χ3n) is 4.30. The highest BCUT2D eigenvalue weighted by Crippen LogP contribution is 2.32. The van der Waals surface area contributed by atoms with E-state index in [1.165, 1.54) is 22.3 Å². The molecule has 0 aliphatic heterocycles. The van der Waals surface area contributed by atoms with Gasteiger partial charge in [0.1, 0.15) is 5.82 Å². The standard InChI is InChI=1S/C19H16ClN3/c1-13-21-7-8-23(13)12-16-9-15-3-2-6-22-19(15)10-14-4-5-17(20)11-18(14)16/h2-9,11H,10,12H2,1H3. The Kier molecular flexibility index (Phi) is 3.50. The molecule has 0 atom stereocenters. The summed E-state index contributed by atoms with van der Waals surface area (Å²) in [5, 5.41) is 0.760. The van der Waals surface area contributed by atoms with Gasteiger partial charge in [0.05, 0.1) is 5.69 Å². The van der Waals surface area contributed by atoms with Crippen LogP contribution in [0.4, 0.5) is 0 Å². The van der Waals surface area contributed by atoms with Crippen molar-refractivity contribution in [3.05, 3.63) is 82.2 Å². The molecule has 23 heavy (non-hydrogen) atoms. The number of pyridine rings is 1. The van der Waals surface area contributed by atoms with E-state index in [1.54, 1.807) is 0 Å². The van der Waals surface area contributed by atoms with Gasteiger partial charge in [0.2, 0.25) is 0 Å². The van der Waals surface area contributed by atoms with Crippen molar-refractivity contribution in [1.82, 2.24) is 14.5 Å². The first-order valence-electron chi connectivity index (χ1n) is 7.62. The molecule has 0 bridgehead atoms. The zero-order valence-corrected chi connectivity index (χ0v) is 13.6. The van der Waals surface area contributed by atoms with Crippen molar-refractivity contribution in [3.63, 3.8) is 0 Å². The van der Waals surface area contributed by atoms with Crippen LogP contribution in [0.3, 0.4) is 0 Å². The molecule has 0 unspecified atom stereocenters. The number of allylic oxidation sites excluding steroid dienone is 1. The van der Waals surface area contributed by atoms with Crippen LogP contribution < -0.4 is 0 Å². The Bertz CT molecular complexity index is 908. The van der Waals surface area contributed by atoms with Crippen molar-refractivity contribution < 1.29 is 0 Å². The van der Waals surface area contributed by atoms with Crippen LogP contribution in [-0.2, 0) is 13.0 Å². The van der Waals surface area contributed by atoms with Gasteiger partial charge in [0.25, 0.3) is 0 Å². The van der Waals surface area contributed by atoms with E-state index < -0.39 is 0 Å². The molecule has 0 spiro atoms. The lowest BCUT2D eigenvalue weighted by Gasteiger charge is -2.13. The molecule has 2 heterocycles. The topological polar surface area (TPSA) is 30.7 Å². The fourth-order valence-corrected chi connectivity index (χ4v) is 3.23. The van der Waals surface area contributed by atoms with Crippen molar-refractivity contribution in [2.45, 2.75) is 19.9 Å². The van der Waals surface area contributed by atoms with Crippen molar-refractivity contribution in [3.8, 4) is 0 Å². The summed E-state index contributed by atoms with van der Waals surface area (Å²) in [7, 11) is 0. The first-order valence-corrected chi connectivity index (χ1v) is 7.99. The van der Waals surface area contributed by atoms with Crippen LogP contribution in [0.2, 0.25) is 5.02 Å². The fraction of sp³-hybridized carbons (Fsp3) is 0.158. The zero-order chi connectivity index (χ0) is 15.8. The van der Waals surface area contributed by atoms with Gasteiger partial charge in [-0.05, 0) is 53.5 Å². The van der Waals surface area contributed by atoms with Crippen LogP contribution in [0.1, 0.15) is 28.2 Å². The van der Waals surface area contributed by atoms with Gasteiger partial charge in [-0.15, -0.1) is 0 Å². The van der Waals surface area contributed by atoms with E-state index in [4.69, 9.17) is 11.6 Å². The Balaban J connectivity index is 1.89. The molecule has 114 valence electrons. The van der Waals surface area contributed by atoms with E-state index in [-0.39, 0.29) is 0 Å². The lowest BCUT2D eigenvalue weighted by molar-refractivity contribution is 0.794. The molecule has 1 aliphatic carbocycles. The quantitative estimate of drug-likeness (QED) is 0.701. The maximum Gasteiger partial charge on any atom is 0.105 e. The lowest BCUT2D eigenvalue weighted by atomic mass is 9.98. The number of nitrogens with zero attached hydrogens (tertiary/aromatic N) is 3. The minimum Gasteiger partial charge on any atom is -0.331 e. The Morgan fingerprint density at radius 3 is 2.91 bits per heavy atom. The van der Waals surface area contributed by atoms with Gasteiger partial charge >= 0.3 is 0 Å². The number of aromatic nitrogens is 3. The van der Waals surface area contributed by atoms with Gasteiger partial charge in [-0.25, -0.2) is 4.98 Å². The van der Waals surface area contributed by atoms with Gasteiger partial charge in [0.15, 0.2) is 0 Å². The number of fused-ring (bicyclic) bond motifs is 2. The molecular formula is C19H16ClN3.